The van der Waals surface area contributed by atoms with Crippen LogP contribution in [0, 0.1) is 0 Å². The van der Waals surface area contributed by atoms with Gasteiger partial charge in [0.1, 0.15) is 17.1 Å². The second-order valence-electron chi connectivity index (χ2n) is 7.05. The van der Waals surface area contributed by atoms with Gasteiger partial charge in [0.15, 0.2) is 5.11 Å². The van der Waals surface area contributed by atoms with Crippen molar-refractivity contribution in [2.24, 2.45) is 0 Å². The molecule has 0 aliphatic carbocycles. The van der Waals surface area contributed by atoms with Crippen LogP contribution in [0.4, 0.5) is 5.69 Å². The minimum absolute atomic E-state index is 0.0364. The van der Waals surface area contributed by atoms with E-state index in [4.69, 9.17) is 26.5 Å². The number of ether oxygens (including phenoxy) is 1. The Kier molecular flexibility index (Phi) is 6.07. The van der Waals surface area contributed by atoms with Gasteiger partial charge in [0.2, 0.25) is 0 Å². The summed E-state index contributed by atoms with van der Waals surface area (Å²) in [6.45, 7) is 0. The summed E-state index contributed by atoms with van der Waals surface area (Å²) < 4.78 is 10.6. The molecule has 1 aromatic heterocycles. The molecule has 0 spiro atoms. The molecule has 0 radical (unpaired) electrons. The number of carboxylic acids is 1. The number of aromatic carboxylic acids is 1. The van der Waals surface area contributed by atoms with Crippen LogP contribution in [0.2, 0.25) is 0 Å². The zero-order valence-electron chi connectivity index (χ0n) is 17.6. The largest absolute Gasteiger partial charge is 0.478 e. The van der Waals surface area contributed by atoms with Gasteiger partial charge >= 0.3 is 11.9 Å². The Morgan fingerprint density at radius 1 is 1.06 bits per heavy atom. The SMILES string of the molecule is COC(=O)c1ccccc1-c1ccc(/C=C2\C(=O)NC(=S)N(c3ccc(C(=O)O)cc3)C2=O)o1. The number of carboxylic acid groups (broad SMARTS) is 1. The number of anilines is 1. The topological polar surface area (TPSA) is 126 Å². The molecule has 1 aliphatic heterocycles. The van der Waals surface area contributed by atoms with E-state index >= 15 is 0 Å². The minimum atomic E-state index is -1.12. The van der Waals surface area contributed by atoms with E-state index in [1.54, 1.807) is 36.4 Å². The third-order valence-electron chi connectivity index (χ3n) is 4.99. The van der Waals surface area contributed by atoms with Gasteiger partial charge < -0.3 is 14.3 Å². The number of esters is 1. The molecule has 1 aliphatic rings. The van der Waals surface area contributed by atoms with Crippen LogP contribution in [0.1, 0.15) is 26.5 Å². The fraction of sp³-hybridized carbons (Fsp3) is 0.0417. The fourth-order valence-corrected chi connectivity index (χ4v) is 3.63. The summed E-state index contributed by atoms with van der Waals surface area (Å²) >= 11 is 5.15. The molecule has 2 amide bonds. The van der Waals surface area contributed by atoms with Gasteiger partial charge in [-0.2, -0.15) is 0 Å². The van der Waals surface area contributed by atoms with Crippen molar-refractivity contribution in [3.8, 4) is 11.3 Å². The van der Waals surface area contributed by atoms with Gasteiger partial charge in [-0.25, -0.2) is 9.59 Å². The number of nitrogens with zero attached hydrogens (tertiary/aromatic N) is 1. The smallest absolute Gasteiger partial charge is 0.338 e. The number of furan rings is 1. The quantitative estimate of drug-likeness (QED) is 0.249. The highest BCUT2D eigenvalue weighted by Crippen LogP contribution is 2.28. The molecular weight excluding hydrogens is 460 g/mol. The molecule has 2 heterocycles. The van der Waals surface area contributed by atoms with Gasteiger partial charge in [-0.15, -0.1) is 0 Å². The summed E-state index contributed by atoms with van der Waals surface area (Å²) in [7, 11) is 1.27. The summed E-state index contributed by atoms with van der Waals surface area (Å²) in [5.74, 6) is -2.52. The molecule has 1 saturated heterocycles. The van der Waals surface area contributed by atoms with Gasteiger partial charge in [0.05, 0.1) is 23.9 Å². The van der Waals surface area contributed by atoms with Crippen LogP contribution in [0.5, 0.6) is 0 Å². The van der Waals surface area contributed by atoms with Crippen molar-refractivity contribution in [1.82, 2.24) is 5.32 Å². The lowest BCUT2D eigenvalue weighted by atomic mass is 10.1. The molecule has 2 N–H and O–H groups in total. The van der Waals surface area contributed by atoms with Crippen LogP contribution in [0.25, 0.3) is 17.4 Å². The van der Waals surface area contributed by atoms with Crippen molar-refractivity contribution in [2.75, 3.05) is 12.0 Å². The third kappa shape index (κ3) is 4.21. The predicted molar refractivity (Wildman–Crippen MR) is 125 cm³/mol. The van der Waals surface area contributed by atoms with E-state index in [9.17, 15) is 19.2 Å². The van der Waals surface area contributed by atoms with E-state index in [0.29, 0.717) is 16.9 Å². The first kappa shape index (κ1) is 22.6. The average Bonchev–Trinajstić information content (AvgIpc) is 3.30. The molecule has 0 saturated carbocycles. The zero-order valence-corrected chi connectivity index (χ0v) is 18.4. The van der Waals surface area contributed by atoms with Gasteiger partial charge in [-0.3, -0.25) is 19.8 Å². The lowest BCUT2D eigenvalue weighted by Crippen LogP contribution is -2.54. The number of amides is 2. The van der Waals surface area contributed by atoms with E-state index in [2.05, 4.69) is 5.32 Å². The van der Waals surface area contributed by atoms with Crippen LogP contribution in [-0.4, -0.2) is 41.1 Å². The maximum atomic E-state index is 13.1. The van der Waals surface area contributed by atoms with Gasteiger partial charge in [-0.05, 0) is 60.8 Å². The van der Waals surface area contributed by atoms with Gasteiger partial charge in [0, 0.05) is 5.56 Å². The summed E-state index contributed by atoms with van der Waals surface area (Å²) in [6, 6.07) is 15.3. The van der Waals surface area contributed by atoms with Crippen molar-refractivity contribution in [3.63, 3.8) is 0 Å². The molecule has 1 fully saturated rings. The summed E-state index contributed by atoms with van der Waals surface area (Å²) in [6.07, 6.45) is 1.27. The van der Waals surface area contributed by atoms with E-state index in [1.165, 1.54) is 37.5 Å². The lowest BCUT2D eigenvalue weighted by molar-refractivity contribution is -0.122. The molecular formula is C24H16N2O7S. The summed E-state index contributed by atoms with van der Waals surface area (Å²) in [5.41, 5.74) is 0.872. The number of methoxy groups -OCH3 is 1. The second-order valence-corrected chi connectivity index (χ2v) is 7.44. The Morgan fingerprint density at radius 2 is 1.76 bits per heavy atom. The van der Waals surface area contributed by atoms with Crippen molar-refractivity contribution >= 4 is 52.8 Å². The molecule has 3 aromatic rings. The van der Waals surface area contributed by atoms with E-state index in [0.717, 1.165) is 4.90 Å². The average molecular weight is 476 g/mol. The number of carbonyl (C=O) groups excluding carboxylic acids is 3. The number of carbonyl (C=O) groups is 4. The van der Waals surface area contributed by atoms with Crippen LogP contribution >= 0.6 is 12.2 Å². The fourth-order valence-electron chi connectivity index (χ4n) is 3.35. The maximum Gasteiger partial charge on any atom is 0.338 e. The second kappa shape index (κ2) is 9.12. The summed E-state index contributed by atoms with van der Waals surface area (Å²) in [5, 5.41) is 11.4. The van der Waals surface area contributed by atoms with Crippen molar-refractivity contribution in [3.05, 3.63) is 83.1 Å². The van der Waals surface area contributed by atoms with Crippen LogP contribution in [-0.2, 0) is 14.3 Å². The Labute approximate surface area is 198 Å². The number of nitrogens with one attached hydrogen (secondary N) is 1. The first-order valence-corrected chi connectivity index (χ1v) is 10.2. The molecule has 0 unspecified atom stereocenters. The minimum Gasteiger partial charge on any atom is -0.478 e. The Morgan fingerprint density at radius 3 is 2.44 bits per heavy atom. The number of benzene rings is 2. The van der Waals surface area contributed by atoms with E-state index < -0.39 is 23.8 Å². The highest BCUT2D eigenvalue weighted by Gasteiger charge is 2.34. The number of hydrogen-bond acceptors (Lipinski definition) is 7. The highest BCUT2D eigenvalue weighted by atomic mass is 32.1. The highest BCUT2D eigenvalue weighted by molar-refractivity contribution is 7.80. The molecule has 170 valence electrons. The van der Waals surface area contributed by atoms with Gasteiger partial charge in [-0.1, -0.05) is 18.2 Å². The normalized spacial score (nSPS) is 14.8. The molecule has 0 bridgehead atoms. The van der Waals surface area contributed by atoms with Crippen LogP contribution in [0.15, 0.2) is 70.7 Å². The van der Waals surface area contributed by atoms with Crippen molar-refractivity contribution < 1.29 is 33.4 Å². The van der Waals surface area contributed by atoms with Gasteiger partial charge in [0.25, 0.3) is 11.8 Å². The van der Waals surface area contributed by atoms with Crippen molar-refractivity contribution in [2.45, 2.75) is 0 Å². The third-order valence-corrected chi connectivity index (χ3v) is 5.27. The monoisotopic (exact) mass is 476 g/mol. The zero-order chi connectivity index (χ0) is 24.4. The predicted octanol–water partition coefficient (Wildman–Crippen LogP) is 3.26. The standard InChI is InChI=1S/C24H16N2O7S/c1-32-23(31)17-5-3-2-4-16(17)19-11-10-15(33-19)12-18-20(27)25-24(34)26(21(18)28)14-8-6-13(7-9-14)22(29)30/h2-12H,1H3,(H,29,30)(H,25,27,34)/b18-12+. The number of thiocarbonyl (C=S) groups is 1. The van der Waals surface area contributed by atoms with Crippen molar-refractivity contribution in [1.29, 1.82) is 0 Å². The Balaban J connectivity index is 1.67. The first-order chi connectivity index (χ1) is 16.3. The first-order valence-electron chi connectivity index (χ1n) is 9.82. The lowest BCUT2D eigenvalue weighted by Gasteiger charge is -2.28. The molecule has 4 rings (SSSR count). The molecule has 34 heavy (non-hydrogen) atoms. The Bertz CT molecular complexity index is 1370. The maximum absolute atomic E-state index is 13.1. The molecule has 2 aromatic carbocycles. The Hall–Kier alpha value is -4.57. The van der Waals surface area contributed by atoms with Crippen LogP contribution in [0.3, 0.4) is 0 Å². The molecule has 9 nitrogen and oxygen atoms in total. The van der Waals surface area contributed by atoms with E-state index in [1.807, 2.05) is 0 Å². The summed E-state index contributed by atoms with van der Waals surface area (Å²) in [4.78, 5) is 49.9. The number of rotatable bonds is 5. The van der Waals surface area contributed by atoms with E-state index in [-0.39, 0.29) is 27.7 Å². The number of hydrogen-bond donors (Lipinski definition) is 2. The van der Waals surface area contributed by atoms with Crippen LogP contribution < -0.4 is 10.2 Å². The molecule has 10 heteroatoms. The molecule has 0 atom stereocenters.